The van der Waals surface area contributed by atoms with Gasteiger partial charge in [0.25, 0.3) is 0 Å². The zero-order valence-corrected chi connectivity index (χ0v) is 12.1. The van der Waals surface area contributed by atoms with Crippen LogP contribution >= 0.6 is 24.0 Å². The third kappa shape index (κ3) is 2.53. The first-order chi connectivity index (χ1) is 9.18. The SMILES string of the molecule is Cl.Fc1ccc2c(N3CCNCC3)c(Cl)cnc2c1F. The molecule has 0 atom stereocenters. The lowest BCUT2D eigenvalue weighted by atomic mass is 10.1. The van der Waals surface area contributed by atoms with Crippen LogP contribution in [-0.2, 0) is 0 Å². The lowest BCUT2D eigenvalue weighted by Gasteiger charge is -2.31. The van der Waals surface area contributed by atoms with Gasteiger partial charge in [-0.2, -0.15) is 0 Å². The molecule has 1 aliphatic heterocycles. The summed E-state index contributed by atoms with van der Waals surface area (Å²) in [6, 6.07) is 2.64. The van der Waals surface area contributed by atoms with Gasteiger partial charge in [-0.15, -0.1) is 12.4 Å². The highest BCUT2D eigenvalue weighted by Gasteiger charge is 2.19. The van der Waals surface area contributed by atoms with Gasteiger partial charge in [-0.3, -0.25) is 4.98 Å². The van der Waals surface area contributed by atoms with Gasteiger partial charge in [0.1, 0.15) is 5.52 Å². The Hall–Kier alpha value is -1.17. The average molecular weight is 320 g/mol. The summed E-state index contributed by atoms with van der Waals surface area (Å²) in [6.07, 6.45) is 1.38. The van der Waals surface area contributed by atoms with Crippen molar-refractivity contribution in [3.8, 4) is 0 Å². The molecule has 0 saturated carbocycles. The minimum atomic E-state index is -0.925. The number of aromatic nitrogens is 1. The number of halogens is 4. The van der Waals surface area contributed by atoms with E-state index in [0.717, 1.165) is 37.9 Å². The second kappa shape index (κ2) is 6.08. The summed E-state index contributed by atoms with van der Waals surface area (Å²) in [4.78, 5) is 5.98. The molecule has 1 N–H and O–H groups in total. The maximum atomic E-state index is 13.8. The Kier molecular flexibility index (Phi) is 4.62. The van der Waals surface area contributed by atoms with Gasteiger partial charge in [0.2, 0.25) is 0 Å². The molecule has 1 aromatic heterocycles. The van der Waals surface area contributed by atoms with Gasteiger partial charge in [0, 0.05) is 37.8 Å². The molecular formula is C13H13Cl2F2N3. The predicted molar refractivity (Wildman–Crippen MR) is 79.0 cm³/mol. The van der Waals surface area contributed by atoms with Gasteiger partial charge in [-0.25, -0.2) is 8.78 Å². The number of hydrogen-bond donors (Lipinski definition) is 1. The lowest BCUT2D eigenvalue weighted by Crippen LogP contribution is -2.43. The van der Waals surface area contributed by atoms with Crippen LogP contribution in [0.5, 0.6) is 0 Å². The van der Waals surface area contributed by atoms with Crippen LogP contribution in [0.3, 0.4) is 0 Å². The van der Waals surface area contributed by atoms with Crippen molar-refractivity contribution in [2.24, 2.45) is 0 Å². The normalized spacial score (nSPS) is 15.2. The summed E-state index contributed by atoms with van der Waals surface area (Å²) >= 11 is 6.19. The van der Waals surface area contributed by atoms with Gasteiger partial charge in [0.15, 0.2) is 11.6 Å². The van der Waals surface area contributed by atoms with Crippen molar-refractivity contribution in [3.63, 3.8) is 0 Å². The molecule has 1 aliphatic rings. The van der Waals surface area contributed by atoms with Crippen LogP contribution in [-0.4, -0.2) is 31.2 Å². The first-order valence-corrected chi connectivity index (χ1v) is 6.44. The number of hydrogen-bond acceptors (Lipinski definition) is 3. The van der Waals surface area contributed by atoms with Gasteiger partial charge in [-0.05, 0) is 12.1 Å². The standard InChI is InChI=1S/C13H12ClF2N3.ClH/c14-9-7-18-12-8(1-2-10(15)11(12)16)13(9)19-5-3-17-4-6-19;/h1-2,7,17H,3-6H2;1H. The van der Waals surface area contributed by atoms with E-state index in [1.54, 1.807) is 0 Å². The largest absolute Gasteiger partial charge is 0.367 e. The van der Waals surface area contributed by atoms with Crippen molar-refractivity contribution >= 4 is 40.6 Å². The van der Waals surface area contributed by atoms with E-state index >= 15 is 0 Å². The Morgan fingerprint density at radius 1 is 1.20 bits per heavy atom. The van der Waals surface area contributed by atoms with E-state index in [4.69, 9.17) is 11.6 Å². The van der Waals surface area contributed by atoms with Crippen molar-refractivity contribution in [1.82, 2.24) is 10.3 Å². The molecule has 108 valence electrons. The molecule has 1 fully saturated rings. The number of fused-ring (bicyclic) bond motifs is 1. The highest BCUT2D eigenvalue weighted by Crippen LogP contribution is 2.34. The maximum absolute atomic E-state index is 13.8. The molecule has 2 heterocycles. The third-order valence-corrected chi connectivity index (χ3v) is 3.57. The number of pyridine rings is 1. The molecule has 20 heavy (non-hydrogen) atoms. The molecule has 0 bridgehead atoms. The lowest BCUT2D eigenvalue weighted by molar-refractivity contribution is 0.515. The summed E-state index contributed by atoms with van der Waals surface area (Å²) in [6.45, 7) is 3.23. The highest BCUT2D eigenvalue weighted by molar-refractivity contribution is 6.34. The summed E-state index contributed by atoms with van der Waals surface area (Å²) in [5.74, 6) is -1.82. The zero-order valence-electron chi connectivity index (χ0n) is 10.5. The summed E-state index contributed by atoms with van der Waals surface area (Å²) in [5.41, 5.74) is 0.755. The van der Waals surface area contributed by atoms with Crippen LogP contribution in [0.15, 0.2) is 18.3 Å². The molecule has 3 rings (SSSR count). The van der Waals surface area contributed by atoms with Crippen molar-refractivity contribution in [2.45, 2.75) is 0 Å². The Balaban J connectivity index is 0.00000147. The van der Waals surface area contributed by atoms with Gasteiger partial charge < -0.3 is 10.2 Å². The maximum Gasteiger partial charge on any atom is 0.185 e. The minimum absolute atomic E-state index is 0. The topological polar surface area (TPSA) is 28.2 Å². The van der Waals surface area contributed by atoms with Gasteiger partial charge in [-0.1, -0.05) is 11.6 Å². The third-order valence-electron chi connectivity index (χ3n) is 3.29. The van der Waals surface area contributed by atoms with Crippen LogP contribution in [0.4, 0.5) is 14.5 Å². The quantitative estimate of drug-likeness (QED) is 0.875. The summed E-state index contributed by atoms with van der Waals surface area (Å²) in [5, 5.41) is 4.25. The molecule has 2 aromatic rings. The highest BCUT2D eigenvalue weighted by atomic mass is 35.5. The minimum Gasteiger partial charge on any atom is -0.367 e. The van der Waals surface area contributed by atoms with Crippen molar-refractivity contribution in [2.75, 3.05) is 31.1 Å². The van der Waals surface area contributed by atoms with E-state index in [1.165, 1.54) is 12.3 Å². The number of nitrogens with one attached hydrogen (secondary N) is 1. The fourth-order valence-corrected chi connectivity index (χ4v) is 2.65. The average Bonchev–Trinajstić information content (AvgIpc) is 2.44. The van der Waals surface area contributed by atoms with E-state index in [1.807, 2.05) is 0 Å². The number of piperazine rings is 1. The zero-order chi connectivity index (χ0) is 13.4. The first-order valence-electron chi connectivity index (χ1n) is 6.06. The number of anilines is 1. The Morgan fingerprint density at radius 3 is 2.60 bits per heavy atom. The first kappa shape index (κ1) is 15.2. The molecule has 3 nitrogen and oxygen atoms in total. The molecule has 0 amide bonds. The molecule has 0 spiro atoms. The summed E-state index contributed by atoms with van der Waals surface area (Å²) < 4.78 is 27.0. The van der Waals surface area contributed by atoms with E-state index in [-0.39, 0.29) is 17.9 Å². The van der Waals surface area contributed by atoms with Crippen molar-refractivity contribution in [1.29, 1.82) is 0 Å². The van der Waals surface area contributed by atoms with Gasteiger partial charge in [0.05, 0.1) is 10.7 Å². The van der Waals surface area contributed by atoms with Crippen LogP contribution in [0.1, 0.15) is 0 Å². The number of nitrogens with zero attached hydrogens (tertiary/aromatic N) is 2. The fraction of sp³-hybridized carbons (Fsp3) is 0.308. The Bertz CT molecular complexity index is 631. The van der Waals surface area contributed by atoms with E-state index in [0.29, 0.717) is 10.4 Å². The Morgan fingerprint density at radius 2 is 1.90 bits per heavy atom. The second-order valence-corrected chi connectivity index (χ2v) is 4.86. The molecule has 1 aromatic carbocycles. The molecule has 1 saturated heterocycles. The van der Waals surface area contributed by atoms with E-state index in [2.05, 4.69) is 15.2 Å². The monoisotopic (exact) mass is 319 g/mol. The van der Waals surface area contributed by atoms with Crippen molar-refractivity contribution < 1.29 is 8.78 Å². The Labute approximate surface area is 126 Å². The van der Waals surface area contributed by atoms with Crippen molar-refractivity contribution in [3.05, 3.63) is 35.0 Å². The fourth-order valence-electron chi connectivity index (χ4n) is 2.38. The molecule has 0 unspecified atom stereocenters. The molecular weight excluding hydrogens is 307 g/mol. The molecule has 0 aliphatic carbocycles. The number of rotatable bonds is 1. The summed E-state index contributed by atoms with van der Waals surface area (Å²) in [7, 11) is 0. The smallest absolute Gasteiger partial charge is 0.185 e. The van der Waals surface area contributed by atoms with Crippen LogP contribution < -0.4 is 10.2 Å². The van der Waals surface area contributed by atoms with Crippen LogP contribution in [0, 0.1) is 11.6 Å². The molecule has 0 radical (unpaired) electrons. The van der Waals surface area contributed by atoms with E-state index < -0.39 is 11.6 Å². The number of benzene rings is 1. The van der Waals surface area contributed by atoms with Gasteiger partial charge >= 0.3 is 0 Å². The van der Waals surface area contributed by atoms with Crippen LogP contribution in [0.25, 0.3) is 10.9 Å². The second-order valence-electron chi connectivity index (χ2n) is 4.45. The van der Waals surface area contributed by atoms with E-state index in [9.17, 15) is 8.78 Å². The van der Waals surface area contributed by atoms with Crippen LogP contribution in [0.2, 0.25) is 5.02 Å². The predicted octanol–water partition coefficient (Wildman–Crippen LogP) is 3.00. The molecule has 7 heteroatoms.